The highest BCUT2D eigenvalue weighted by atomic mass is 32.2. The second-order valence-corrected chi connectivity index (χ2v) is 6.12. The van der Waals surface area contributed by atoms with Crippen LogP contribution in [-0.2, 0) is 0 Å². The third kappa shape index (κ3) is 1.95. The van der Waals surface area contributed by atoms with Gasteiger partial charge in [0.05, 0.1) is 0 Å². The first-order valence-corrected chi connectivity index (χ1v) is 8.05. The average Bonchev–Trinajstić information content (AvgIpc) is 2.71. The van der Waals surface area contributed by atoms with Crippen LogP contribution in [0, 0.1) is 0 Å². The fraction of sp³-hybridized carbons (Fsp3) is 0.312. The van der Waals surface area contributed by atoms with Gasteiger partial charge in [-0.3, -0.25) is 5.43 Å². The van der Waals surface area contributed by atoms with Crippen molar-refractivity contribution in [1.82, 2.24) is 10.4 Å². The zero-order valence-electron chi connectivity index (χ0n) is 12.3. The van der Waals surface area contributed by atoms with E-state index < -0.39 is 0 Å². The maximum atomic E-state index is 3.49. The molecular formula is C16H20N3S+. The summed E-state index contributed by atoms with van der Waals surface area (Å²) in [6, 6.07) is 10.6. The van der Waals surface area contributed by atoms with Crippen LogP contribution in [0.15, 0.2) is 53.4 Å². The Bertz CT molecular complexity index is 628. The summed E-state index contributed by atoms with van der Waals surface area (Å²) in [5.41, 5.74) is 10.1. The molecule has 0 fully saturated rings. The van der Waals surface area contributed by atoms with Crippen molar-refractivity contribution in [2.24, 2.45) is 0 Å². The molecule has 1 unspecified atom stereocenters. The van der Waals surface area contributed by atoms with Crippen LogP contribution in [0.3, 0.4) is 0 Å². The molecule has 4 heteroatoms. The van der Waals surface area contributed by atoms with Gasteiger partial charge >= 0.3 is 0 Å². The summed E-state index contributed by atoms with van der Waals surface area (Å²) in [5, 5.41) is 2.28. The van der Waals surface area contributed by atoms with Gasteiger partial charge in [-0.25, -0.2) is 5.01 Å². The van der Waals surface area contributed by atoms with Crippen molar-refractivity contribution in [1.29, 1.82) is 0 Å². The lowest BCUT2D eigenvalue weighted by Gasteiger charge is -2.28. The van der Waals surface area contributed by atoms with Crippen molar-refractivity contribution < 1.29 is 4.58 Å². The summed E-state index contributed by atoms with van der Waals surface area (Å²) < 4.78 is 2.35. The number of benzene rings is 1. The molecule has 0 amide bonds. The molecule has 0 saturated heterocycles. The standard InChI is InChI=1S/C16H19N3S/c1-11-10-12(2)17-19-14(11)15(18(3)16(19)20-4)13-8-6-5-7-9-13/h5-10,16H,1-4H3/p+1. The average molecular weight is 286 g/mol. The van der Waals surface area contributed by atoms with Gasteiger partial charge in [0.25, 0.3) is 5.50 Å². The number of rotatable bonds is 2. The fourth-order valence-corrected chi connectivity index (χ4v) is 3.77. The van der Waals surface area contributed by atoms with Crippen LogP contribution in [0.25, 0.3) is 0 Å². The first-order valence-electron chi connectivity index (χ1n) is 6.77. The van der Waals surface area contributed by atoms with Crippen LogP contribution in [0.5, 0.6) is 0 Å². The lowest BCUT2D eigenvalue weighted by molar-refractivity contribution is -0.523. The fourth-order valence-electron chi connectivity index (χ4n) is 2.98. The third-order valence-corrected chi connectivity index (χ3v) is 4.68. The quantitative estimate of drug-likeness (QED) is 0.843. The molecule has 0 spiro atoms. The number of fused-ring (bicyclic) bond motifs is 1. The lowest BCUT2D eigenvalue weighted by atomic mass is 10.0. The number of thioether (sulfide) groups is 1. The summed E-state index contributed by atoms with van der Waals surface area (Å²) in [6.07, 6.45) is 4.36. The van der Waals surface area contributed by atoms with Gasteiger partial charge in [0.1, 0.15) is 12.7 Å². The normalized spacial score (nSPS) is 21.9. The molecule has 104 valence electrons. The molecule has 1 aromatic rings. The predicted octanol–water partition coefficient (Wildman–Crippen LogP) is 2.78. The Morgan fingerprint density at radius 1 is 1.20 bits per heavy atom. The molecule has 20 heavy (non-hydrogen) atoms. The maximum Gasteiger partial charge on any atom is 0.294 e. The van der Waals surface area contributed by atoms with Gasteiger partial charge in [0.2, 0.25) is 5.71 Å². The first kappa shape index (κ1) is 13.3. The van der Waals surface area contributed by atoms with Crippen LogP contribution in [0.2, 0.25) is 0 Å². The minimum Gasteiger partial charge on any atom is -0.296 e. The highest BCUT2D eigenvalue weighted by Crippen LogP contribution is 2.32. The first-order chi connectivity index (χ1) is 9.63. The van der Waals surface area contributed by atoms with Crippen LogP contribution in [0.4, 0.5) is 0 Å². The molecule has 3 nitrogen and oxygen atoms in total. The van der Waals surface area contributed by atoms with Crippen molar-refractivity contribution in [3.05, 3.63) is 58.9 Å². The molecule has 1 aromatic carbocycles. The van der Waals surface area contributed by atoms with Crippen molar-refractivity contribution in [3.8, 4) is 0 Å². The molecular weight excluding hydrogens is 266 g/mol. The molecule has 3 rings (SSSR count). The van der Waals surface area contributed by atoms with Crippen molar-refractivity contribution in [3.63, 3.8) is 0 Å². The highest BCUT2D eigenvalue weighted by molar-refractivity contribution is 7.98. The molecule has 2 aliphatic rings. The Morgan fingerprint density at radius 3 is 2.55 bits per heavy atom. The van der Waals surface area contributed by atoms with Gasteiger partial charge in [-0.2, -0.15) is 4.58 Å². The van der Waals surface area contributed by atoms with E-state index in [0.717, 1.165) is 0 Å². The second-order valence-electron chi connectivity index (χ2n) is 5.23. The zero-order chi connectivity index (χ0) is 14.3. The summed E-state index contributed by atoms with van der Waals surface area (Å²) >= 11 is 1.84. The molecule has 2 aliphatic heterocycles. The molecule has 0 aliphatic carbocycles. The number of hydrogen-bond donors (Lipinski definition) is 1. The third-order valence-electron chi connectivity index (χ3n) is 3.73. The van der Waals surface area contributed by atoms with E-state index in [-0.39, 0.29) is 5.50 Å². The van der Waals surface area contributed by atoms with E-state index in [4.69, 9.17) is 0 Å². The van der Waals surface area contributed by atoms with E-state index in [0.29, 0.717) is 0 Å². The van der Waals surface area contributed by atoms with Gasteiger partial charge in [-0.15, -0.1) is 0 Å². The largest absolute Gasteiger partial charge is 0.296 e. The van der Waals surface area contributed by atoms with Gasteiger partial charge in [-0.1, -0.05) is 30.0 Å². The van der Waals surface area contributed by atoms with Gasteiger partial charge in [-0.05, 0) is 43.9 Å². The molecule has 1 atom stereocenters. The Morgan fingerprint density at radius 2 is 1.90 bits per heavy atom. The van der Waals surface area contributed by atoms with Crippen molar-refractivity contribution in [2.45, 2.75) is 19.3 Å². The minimum absolute atomic E-state index is 0.277. The van der Waals surface area contributed by atoms with E-state index in [1.54, 1.807) is 0 Å². The van der Waals surface area contributed by atoms with Crippen LogP contribution in [0.1, 0.15) is 19.4 Å². The van der Waals surface area contributed by atoms with E-state index >= 15 is 0 Å². The van der Waals surface area contributed by atoms with Crippen molar-refractivity contribution in [2.75, 3.05) is 13.3 Å². The monoisotopic (exact) mass is 286 g/mol. The summed E-state index contributed by atoms with van der Waals surface area (Å²) in [7, 11) is 2.17. The van der Waals surface area contributed by atoms with Crippen LogP contribution >= 0.6 is 11.8 Å². The number of hydrazine groups is 1. The second kappa shape index (κ2) is 5.02. The van der Waals surface area contributed by atoms with E-state index in [9.17, 15) is 0 Å². The SMILES string of the molecule is CSC1N2NC(C)=CC(C)=C2C(c2ccccc2)=[N+]1C. The minimum atomic E-state index is 0.277. The molecule has 0 radical (unpaired) electrons. The number of hydrogen-bond acceptors (Lipinski definition) is 3. The van der Waals surface area contributed by atoms with E-state index in [1.165, 1.54) is 28.2 Å². The van der Waals surface area contributed by atoms with Gasteiger partial charge in [0, 0.05) is 11.3 Å². The summed E-state index contributed by atoms with van der Waals surface area (Å²) in [6.45, 7) is 4.30. The smallest absolute Gasteiger partial charge is 0.294 e. The molecule has 0 saturated carbocycles. The number of allylic oxidation sites excluding steroid dienone is 4. The molecule has 0 aromatic heterocycles. The lowest BCUT2D eigenvalue weighted by Crippen LogP contribution is -2.43. The molecule has 1 N–H and O–H groups in total. The molecule has 2 heterocycles. The van der Waals surface area contributed by atoms with E-state index in [2.05, 4.69) is 78.6 Å². The Hall–Kier alpha value is -1.68. The zero-order valence-corrected chi connectivity index (χ0v) is 13.2. The molecule has 0 bridgehead atoms. The number of nitrogens with zero attached hydrogens (tertiary/aromatic N) is 2. The maximum absolute atomic E-state index is 3.49. The summed E-state index contributed by atoms with van der Waals surface area (Å²) in [5.74, 6) is 0. The van der Waals surface area contributed by atoms with Gasteiger partial charge < -0.3 is 0 Å². The number of nitrogens with one attached hydrogen (secondary N) is 1. The summed E-state index contributed by atoms with van der Waals surface area (Å²) in [4.78, 5) is 0. The van der Waals surface area contributed by atoms with Crippen LogP contribution < -0.4 is 5.43 Å². The van der Waals surface area contributed by atoms with Gasteiger partial charge in [0.15, 0.2) is 0 Å². The topological polar surface area (TPSA) is 18.3 Å². The Balaban J connectivity index is 2.20. The highest BCUT2D eigenvalue weighted by Gasteiger charge is 2.44. The predicted molar refractivity (Wildman–Crippen MR) is 85.5 cm³/mol. The Labute approximate surface area is 124 Å². The van der Waals surface area contributed by atoms with Crippen molar-refractivity contribution >= 4 is 17.5 Å². The van der Waals surface area contributed by atoms with E-state index in [1.807, 2.05) is 11.8 Å². The van der Waals surface area contributed by atoms with Crippen LogP contribution in [-0.4, -0.2) is 34.1 Å². The Kier molecular flexibility index (Phi) is 3.34.